The third-order valence-electron chi connectivity index (χ3n) is 12.7. The molecule has 6 heteroatoms. The summed E-state index contributed by atoms with van der Waals surface area (Å²) in [5, 5.41) is 4.37. The van der Waals surface area contributed by atoms with E-state index in [-0.39, 0.29) is 0 Å². The summed E-state index contributed by atoms with van der Waals surface area (Å²) in [5.41, 5.74) is 16.2. The van der Waals surface area contributed by atoms with E-state index in [1.165, 1.54) is 12.1 Å². The molecule has 4 heterocycles. The molecule has 0 unspecified atom stereocenters. The summed E-state index contributed by atoms with van der Waals surface area (Å²) < 4.78 is 35.0. The molecule has 0 amide bonds. The van der Waals surface area contributed by atoms with Gasteiger partial charge in [-0.2, -0.15) is 0 Å². The average Bonchev–Trinajstić information content (AvgIpc) is 3.86. The largest absolute Gasteiger partial charge is 0.309 e. The molecule has 0 fully saturated rings. The zero-order valence-corrected chi connectivity index (χ0v) is 35.3. The summed E-state index contributed by atoms with van der Waals surface area (Å²) in [6.07, 6.45) is 3.74. The van der Waals surface area contributed by atoms with Crippen LogP contribution >= 0.6 is 0 Å². The van der Waals surface area contributed by atoms with Crippen LogP contribution in [0.2, 0.25) is 0 Å². The van der Waals surface area contributed by atoms with Crippen LogP contribution in [0.15, 0.2) is 213 Å². The van der Waals surface area contributed by atoms with E-state index in [9.17, 15) is 0 Å². The summed E-state index contributed by atoms with van der Waals surface area (Å²) >= 11 is 0. The molecule has 0 atom stereocenters. The Labute approximate surface area is 374 Å². The molecule has 0 aliphatic heterocycles. The number of rotatable bonds is 7. The average molecular weight is 841 g/mol. The highest BCUT2D eigenvalue weighted by atomic mass is 19.1. The molecule has 4 aromatic heterocycles. The van der Waals surface area contributed by atoms with Crippen LogP contribution in [-0.2, 0) is 0 Å². The number of para-hydroxylation sites is 2. The van der Waals surface area contributed by atoms with Crippen LogP contribution in [0.3, 0.4) is 0 Å². The zero-order chi connectivity index (χ0) is 43.6. The third kappa shape index (κ3) is 6.49. The maximum atomic E-state index is 15.2. The standard InChI is InChI=1S/C59H38F2N4/c1-37-54(64-55-18-10-8-16-48(55)50-32-40(20-23-57(50)64)42-26-28-62-52(34-42)38-12-4-2-5-13-38)25-22-47(44-30-45(60)36-46(61)31-44)59(37)65-56-19-11-9-17-49(56)51-33-41(21-24-58(51)65)43-27-29-63-53(35-43)39-14-6-3-7-15-39/h2-36H,1H3. The molecule has 0 spiro atoms. The Balaban J connectivity index is 1.08. The van der Waals surface area contributed by atoms with Crippen molar-refractivity contribution in [1.29, 1.82) is 0 Å². The molecule has 0 radical (unpaired) electrons. The summed E-state index contributed by atoms with van der Waals surface area (Å²) in [6.45, 7) is 2.12. The van der Waals surface area contributed by atoms with E-state index in [1.54, 1.807) is 0 Å². The van der Waals surface area contributed by atoms with Gasteiger partial charge < -0.3 is 9.13 Å². The second-order valence-corrected chi connectivity index (χ2v) is 16.5. The van der Waals surface area contributed by atoms with E-state index < -0.39 is 11.6 Å². The minimum atomic E-state index is -0.630. The van der Waals surface area contributed by atoms with E-state index in [0.29, 0.717) is 11.1 Å². The molecular formula is C59H38F2N4. The van der Waals surface area contributed by atoms with Gasteiger partial charge in [-0.1, -0.05) is 115 Å². The molecule has 0 saturated heterocycles. The normalized spacial score (nSPS) is 11.6. The predicted molar refractivity (Wildman–Crippen MR) is 263 cm³/mol. The third-order valence-corrected chi connectivity index (χ3v) is 12.7. The van der Waals surface area contributed by atoms with Crippen molar-refractivity contribution >= 4 is 43.6 Å². The highest BCUT2D eigenvalue weighted by molar-refractivity contribution is 6.13. The molecule has 4 nitrogen and oxygen atoms in total. The van der Waals surface area contributed by atoms with Crippen LogP contribution in [0, 0.1) is 18.6 Å². The Morgan fingerprint density at radius 2 is 0.815 bits per heavy atom. The number of pyridine rings is 2. The monoisotopic (exact) mass is 840 g/mol. The SMILES string of the molecule is Cc1c(-n2c3ccccc3c3cc(-c4ccnc(-c5ccccc5)c4)ccc32)ccc(-c2cc(F)cc(F)c2)c1-n1c2ccccc2c2cc(-c3ccnc(-c4ccccc4)c3)ccc21. The summed E-state index contributed by atoms with van der Waals surface area (Å²) in [7, 11) is 0. The second-order valence-electron chi connectivity index (χ2n) is 16.5. The molecule has 308 valence electrons. The van der Waals surface area contributed by atoms with Gasteiger partial charge in [-0.25, -0.2) is 8.78 Å². The number of hydrogen-bond donors (Lipinski definition) is 0. The Kier molecular flexibility index (Phi) is 9.05. The Bertz CT molecular complexity index is 3790. The molecule has 0 aliphatic carbocycles. The van der Waals surface area contributed by atoms with E-state index >= 15 is 8.78 Å². The molecule has 12 rings (SSSR count). The van der Waals surface area contributed by atoms with Crippen molar-refractivity contribution in [2.45, 2.75) is 6.92 Å². The number of nitrogens with zero attached hydrogens (tertiary/aromatic N) is 4. The lowest BCUT2D eigenvalue weighted by Crippen LogP contribution is -2.06. The van der Waals surface area contributed by atoms with Gasteiger partial charge in [0.25, 0.3) is 0 Å². The maximum Gasteiger partial charge on any atom is 0.126 e. The van der Waals surface area contributed by atoms with Crippen LogP contribution in [-0.4, -0.2) is 19.1 Å². The fourth-order valence-electron chi connectivity index (χ4n) is 9.72. The number of fused-ring (bicyclic) bond motifs is 6. The first-order valence-corrected chi connectivity index (χ1v) is 21.7. The van der Waals surface area contributed by atoms with Crippen molar-refractivity contribution in [3.63, 3.8) is 0 Å². The minimum Gasteiger partial charge on any atom is -0.309 e. The van der Waals surface area contributed by atoms with E-state index in [2.05, 4.69) is 153 Å². The summed E-state index contributed by atoms with van der Waals surface area (Å²) in [5.74, 6) is -1.26. The lowest BCUT2D eigenvalue weighted by molar-refractivity contribution is 0.584. The Hall–Kier alpha value is -8.48. The maximum absolute atomic E-state index is 15.2. The van der Waals surface area contributed by atoms with Crippen LogP contribution in [0.25, 0.3) is 111 Å². The summed E-state index contributed by atoms with van der Waals surface area (Å²) in [4.78, 5) is 9.38. The molecule has 0 N–H and O–H groups in total. The van der Waals surface area contributed by atoms with Gasteiger partial charge in [0.05, 0.1) is 44.8 Å². The van der Waals surface area contributed by atoms with Gasteiger partial charge in [-0.05, 0) is 119 Å². The number of aromatic nitrogens is 4. The number of halogens is 2. The van der Waals surface area contributed by atoms with Gasteiger partial charge in [0, 0.05) is 56.7 Å². The van der Waals surface area contributed by atoms with E-state index in [1.807, 2.05) is 67.0 Å². The van der Waals surface area contributed by atoms with E-state index in [4.69, 9.17) is 0 Å². The Morgan fingerprint density at radius 3 is 1.37 bits per heavy atom. The van der Waals surface area contributed by atoms with Gasteiger partial charge in [0.1, 0.15) is 11.6 Å². The van der Waals surface area contributed by atoms with Crippen molar-refractivity contribution in [1.82, 2.24) is 19.1 Å². The lowest BCUT2D eigenvalue weighted by atomic mass is 9.97. The van der Waals surface area contributed by atoms with E-state index in [0.717, 1.165) is 111 Å². The fourth-order valence-corrected chi connectivity index (χ4v) is 9.72. The topological polar surface area (TPSA) is 35.6 Å². The zero-order valence-electron chi connectivity index (χ0n) is 35.3. The molecule has 12 aromatic rings. The van der Waals surface area contributed by atoms with Gasteiger partial charge in [0.2, 0.25) is 0 Å². The molecule has 0 aliphatic rings. The quantitative estimate of drug-likeness (QED) is 0.160. The van der Waals surface area contributed by atoms with Crippen molar-refractivity contribution in [2.24, 2.45) is 0 Å². The van der Waals surface area contributed by atoms with Crippen molar-refractivity contribution in [2.75, 3.05) is 0 Å². The first-order valence-electron chi connectivity index (χ1n) is 21.7. The lowest BCUT2D eigenvalue weighted by Gasteiger charge is -2.21. The fraction of sp³-hybridized carbons (Fsp3) is 0.0169. The molecule has 8 aromatic carbocycles. The smallest absolute Gasteiger partial charge is 0.126 e. The highest BCUT2D eigenvalue weighted by Gasteiger charge is 2.23. The summed E-state index contributed by atoms with van der Waals surface area (Å²) in [6, 6.07) is 66.8. The van der Waals surface area contributed by atoms with Crippen molar-refractivity contribution < 1.29 is 8.78 Å². The van der Waals surface area contributed by atoms with Gasteiger partial charge in [-0.3, -0.25) is 9.97 Å². The second kappa shape index (κ2) is 15.4. The van der Waals surface area contributed by atoms with Crippen LogP contribution < -0.4 is 0 Å². The van der Waals surface area contributed by atoms with Crippen molar-refractivity contribution in [3.8, 4) is 67.3 Å². The molecular weight excluding hydrogens is 803 g/mol. The van der Waals surface area contributed by atoms with Crippen LogP contribution in [0.1, 0.15) is 5.56 Å². The molecule has 0 bridgehead atoms. The minimum absolute atomic E-state index is 0.457. The highest BCUT2D eigenvalue weighted by Crippen LogP contribution is 2.43. The Morgan fingerprint density at radius 1 is 0.354 bits per heavy atom. The van der Waals surface area contributed by atoms with Gasteiger partial charge >= 0.3 is 0 Å². The molecule has 65 heavy (non-hydrogen) atoms. The van der Waals surface area contributed by atoms with Gasteiger partial charge in [0.15, 0.2) is 0 Å². The van der Waals surface area contributed by atoms with Gasteiger partial charge in [-0.15, -0.1) is 0 Å². The number of hydrogen-bond acceptors (Lipinski definition) is 2. The first kappa shape index (κ1) is 38.2. The first-order chi connectivity index (χ1) is 32.0. The molecule has 0 saturated carbocycles. The predicted octanol–water partition coefficient (Wildman–Crippen LogP) is 15.6. The van der Waals surface area contributed by atoms with Crippen LogP contribution in [0.4, 0.5) is 8.78 Å². The number of benzene rings is 8. The van der Waals surface area contributed by atoms with Crippen molar-refractivity contribution in [3.05, 3.63) is 230 Å². The van der Waals surface area contributed by atoms with Crippen LogP contribution in [0.5, 0.6) is 0 Å².